The van der Waals surface area contributed by atoms with E-state index in [9.17, 15) is 4.79 Å². The molecule has 1 aromatic heterocycles. The molecule has 1 amide bonds. The Balaban J connectivity index is 1.80. The van der Waals surface area contributed by atoms with Crippen molar-refractivity contribution in [3.8, 4) is 0 Å². The molecule has 1 aliphatic rings. The number of aryl methyl sites for hydroxylation is 1. The van der Waals surface area contributed by atoms with Crippen molar-refractivity contribution in [1.82, 2.24) is 9.78 Å². The molecule has 0 radical (unpaired) electrons. The van der Waals surface area contributed by atoms with Crippen molar-refractivity contribution in [2.75, 3.05) is 5.32 Å². The van der Waals surface area contributed by atoms with Crippen LogP contribution < -0.4 is 5.32 Å². The molecule has 1 N–H and O–H groups in total. The maximum atomic E-state index is 12.6. The van der Waals surface area contributed by atoms with Gasteiger partial charge in [0.15, 0.2) is 0 Å². The van der Waals surface area contributed by atoms with Crippen LogP contribution in [0, 0.1) is 3.70 Å². The Labute approximate surface area is 157 Å². The predicted octanol–water partition coefficient (Wildman–Crippen LogP) is 5.10. The molecule has 4 nitrogen and oxygen atoms in total. The number of carbonyl (C=O) groups excluding carboxylic acids is 1. The van der Waals surface area contributed by atoms with E-state index in [4.69, 9.17) is 0 Å². The molecule has 2 aromatic rings. The van der Waals surface area contributed by atoms with Gasteiger partial charge in [-0.1, -0.05) is 50.3 Å². The third-order valence-corrected chi connectivity index (χ3v) is 5.58. The minimum absolute atomic E-state index is 0.0780. The van der Waals surface area contributed by atoms with Gasteiger partial charge in [0.05, 0.1) is 5.56 Å². The molecule has 128 valence electrons. The first kappa shape index (κ1) is 17.5. The largest absolute Gasteiger partial charge is 0.322 e. The summed E-state index contributed by atoms with van der Waals surface area (Å²) in [6.07, 6.45) is 10.8. The molecule has 0 bridgehead atoms. The van der Waals surface area contributed by atoms with E-state index in [1.165, 1.54) is 50.5 Å². The van der Waals surface area contributed by atoms with E-state index in [1.807, 2.05) is 19.2 Å². The molecule has 0 unspecified atom stereocenters. The lowest BCUT2D eigenvalue weighted by atomic mass is 9.85. The molecule has 3 rings (SSSR count). The number of halogens is 1. The van der Waals surface area contributed by atoms with Gasteiger partial charge in [0.2, 0.25) is 0 Å². The highest BCUT2D eigenvalue weighted by Crippen LogP contribution is 2.35. The van der Waals surface area contributed by atoms with Crippen LogP contribution in [0.4, 0.5) is 5.69 Å². The lowest BCUT2D eigenvalue weighted by molar-refractivity contribution is 0.102. The fourth-order valence-corrected chi connectivity index (χ4v) is 4.26. The van der Waals surface area contributed by atoms with Crippen LogP contribution in [-0.2, 0) is 7.05 Å². The van der Waals surface area contributed by atoms with Crippen LogP contribution in [0.1, 0.15) is 66.8 Å². The number of nitrogens with zero attached hydrogens (tertiary/aromatic N) is 2. The number of aromatic nitrogens is 2. The van der Waals surface area contributed by atoms with E-state index < -0.39 is 0 Å². The Morgan fingerprint density at radius 1 is 1.17 bits per heavy atom. The van der Waals surface area contributed by atoms with Crippen LogP contribution in [0.3, 0.4) is 0 Å². The zero-order valence-electron chi connectivity index (χ0n) is 14.1. The standard InChI is InChI=1S/C19H24IN3O/c1-23-13-16(18(20)22-23)19(24)21-17-12-8-7-11-15(17)14-9-5-3-2-4-6-10-14/h7-8,11-14H,2-6,9-10H2,1H3,(H,21,24). The lowest BCUT2D eigenvalue weighted by Gasteiger charge is -2.22. The van der Waals surface area contributed by atoms with Crippen molar-refractivity contribution in [2.45, 2.75) is 50.9 Å². The molecule has 1 saturated carbocycles. The average molecular weight is 437 g/mol. The summed E-state index contributed by atoms with van der Waals surface area (Å²) in [6.45, 7) is 0. The topological polar surface area (TPSA) is 46.9 Å². The molecular formula is C19H24IN3O. The Bertz CT molecular complexity index is 702. The minimum Gasteiger partial charge on any atom is -0.322 e. The first-order valence-electron chi connectivity index (χ1n) is 8.74. The number of amides is 1. The normalized spacial score (nSPS) is 16.4. The SMILES string of the molecule is Cn1cc(C(=O)Nc2ccccc2C2CCCCCCC2)c(I)n1. The van der Waals surface area contributed by atoms with Crippen molar-refractivity contribution >= 4 is 34.2 Å². The van der Waals surface area contributed by atoms with Crippen LogP contribution in [-0.4, -0.2) is 15.7 Å². The summed E-state index contributed by atoms with van der Waals surface area (Å²) in [7, 11) is 1.83. The van der Waals surface area contributed by atoms with Crippen LogP contribution in [0.5, 0.6) is 0 Å². The highest BCUT2D eigenvalue weighted by atomic mass is 127. The van der Waals surface area contributed by atoms with Gasteiger partial charge in [-0.15, -0.1) is 0 Å². The Kier molecular flexibility index (Phi) is 5.92. The van der Waals surface area contributed by atoms with E-state index in [1.54, 1.807) is 10.9 Å². The van der Waals surface area contributed by atoms with Gasteiger partial charge < -0.3 is 5.32 Å². The Morgan fingerprint density at radius 3 is 2.50 bits per heavy atom. The van der Waals surface area contributed by atoms with Crippen molar-refractivity contribution in [2.24, 2.45) is 7.05 Å². The summed E-state index contributed by atoms with van der Waals surface area (Å²) in [4.78, 5) is 12.6. The fraction of sp³-hybridized carbons (Fsp3) is 0.474. The maximum absolute atomic E-state index is 12.6. The highest BCUT2D eigenvalue weighted by molar-refractivity contribution is 14.1. The van der Waals surface area contributed by atoms with E-state index in [2.05, 4.69) is 45.1 Å². The number of carbonyl (C=O) groups is 1. The molecule has 0 atom stereocenters. The molecule has 1 aliphatic carbocycles. The predicted molar refractivity (Wildman–Crippen MR) is 105 cm³/mol. The summed E-state index contributed by atoms with van der Waals surface area (Å²) in [6, 6.07) is 8.28. The lowest BCUT2D eigenvalue weighted by Crippen LogP contribution is -2.15. The zero-order valence-corrected chi connectivity index (χ0v) is 16.3. The van der Waals surface area contributed by atoms with Crippen molar-refractivity contribution in [3.63, 3.8) is 0 Å². The third-order valence-electron chi connectivity index (χ3n) is 4.78. The van der Waals surface area contributed by atoms with Gasteiger partial charge in [-0.25, -0.2) is 0 Å². The molecule has 5 heteroatoms. The van der Waals surface area contributed by atoms with Gasteiger partial charge in [-0.2, -0.15) is 5.10 Å². The van der Waals surface area contributed by atoms with Crippen LogP contribution >= 0.6 is 22.6 Å². The summed E-state index contributed by atoms with van der Waals surface area (Å²) in [5.41, 5.74) is 2.87. The van der Waals surface area contributed by atoms with E-state index in [0.717, 1.165) is 9.39 Å². The number of anilines is 1. The average Bonchev–Trinajstić information content (AvgIpc) is 2.87. The molecule has 1 heterocycles. The van der Waals surface area contributed by atoms with Crippen molar-refractivity contribution < 1.29 is 4.79 Å². The van der Waals surface area contributed by atoms with Crippen LogP contribution in [0.15, 0.2) is 30.5 Å². The van der Waals surface area contributed by atoms with Gasteiger partial charge in [-0.05, 0) is 53.0 Å². The quantitative estimate of drug-likeness (QED) is 0.679. The summed E-state index contributed by atoms with van der Waals surface area (Å²) in [5, 5.41) is 7.37. The second kappa shape index (κ2) is 8.14. The Morgan fingerprint density at radius 2 is 1.83 bits per heavy atom. The summed E-state index contributed by atoms with van der Waals surface area (Å²) in [5.74, 6) is 0.473. The first-order chi connectivity index (χ1) is 11.6. The molecule has 0 saturated heterocycles. The zero-order chi connectivity index (χ0) is 16.9. The van der Waals surface area contributed by atoms with Crippen LogP contribution in [0.25, 0.3) is 0 Å². The number of hydrogen-bond donors (Lipinski definition) is 1. The van der Waals surface area contributed by atoms with Crippen molar-refractivity contribution in [3.05, 3.63) is 45.3 Å². The fourth-order valence-electron chi connectivity index (χ4n) is 3.54. The van der Waals surface area contributed by atoms with Gasteiger partial charge in [0.1, 0.15) is 3.70 Å². The minimum atomic E-state index is -0.0780. The molecule has 0 spiro atoms. The second-order valence-electron chi connectivity index (χ2n) is 6.59. The number of nitrogens with one attached hydrogen (secondary N) is 1. The highest BCUT2D eigenvalue weighted by Gasteiger charge is 2.19. The van der Waals surface area contributed by atoms with Gasteiger partial charge in [0.25, 0.3) is 5.91 Å². The molecule has 24 heavy (non-hydrogen) atoms. The molecular weight excluding hydrogens is 413 g/mol. The second-order valence-corrected chi connectivity index (χ2v) is 7.61. The molecule has 0 aliphatic heterocycles. The van der Waals surface area contributed by atoms with E-state index in [-0.39, 0.29) is 5.91 Å². The maximum Gasteiger partial charge on any atom is 0.259 e. The number of para-hydroxylation sites is 1. The smallest absolute Gasteiger partial charge is 0.259 e. The summed E-state index contributed by atoms with van der Waals surface area (Å²) >= 11 is 2.11. The number of hydrogen-bond acceptors (Lipinski definition) is 2. The van der Waals surface area contributed by atoms with E-state index >= 15 is 0 Å². The van der Waals surface area contributed by atoms with Gasteiger partial charge >= 0.3 is 0 Å². The molecule has 1 fully saturated rings. The monoisotopic (exact) mass is 437 g/mol. The van der Waals surface area contributed by atoms with Gasteiger partial charge in [0, 0.05) is 18.9 Å². The van der Waals surface area contributed by atoms with E-state index in [0.29, 0.717) is 11.5 Å². The third kappa shape index (κ3) is 4.18. The number of rotatable bonds is 3. The summed E-state index contributed by atoms with van der Waals surface area (Å²) < 4.78 is 2.41. The first-order valence-corrected chi connectivity index (χ1v) is 9.82. The van der Waals surface area contributed by atoms with Gasteiger partial charge in [-0.3, -0.25) is 9.48 Å². The Hall–Kier alpha value is -1.37. The molecule has 1 aromatic carbocycles. The van der Waals surface area contributed by atoms with Crippen LogP contribution in [0.2, 0.25) is 0 Å². The number of benzene rings is 1. The van der Waals surface area contributed by atoms with Crippen molar-refractivity contribution in [1.29, 1.82) is 0 Å².